The predicted octanol–water partition coefficient (Wildman–Crippen LogP) is 5.41. The van der Waals surface area contributed by atoms with Crippen molar-refractivity contribution in [2.24, 2.45) is 21.8 Å². The second-order valence-corrected chi connectivity index (χ2v) is 9.97. The van der Waals surface area contributed by atoms with Crippen LogP contribution in [-0.2, 0) is 19.2 Å². The van der Waals surface area contributed by atoms with Crippen molar-refractivity contribution in [2.45, 2.75) is 67.5 Å². The average molecular weight is 487 g/mol. The lowest BCUT2D eigenvalue weighted by Crippen LogP contribution is -2.25. The molecule has 6 heteroatoms. The van der Waals surface area contributed by atoms with Gasteiger partial charge in [0.15, 0.2) is 0 Å². The summed E-state index contributed by atoms with van der Waals surface area (Å²) in [5.74, 6) is -2.98. The topological polar surface area (TPSA) is 93.0 Å². The fourth-order valence-electron chi connectivity index (χ4n) is 5.17. The van der Waals surface area contributed by atoms with Gasteiger partial charge in [-0.05, 0) is 88.8 Å². The van der Waals surface area contributed by atoms with Gasteiger partial charge in [-0.3, -0.25) is 29.2 Å². The van der Waals surface area contributed by atoms with Crippen molar-refractivity contribution >= 4 is 35.6 Å². The van der Waals surface area contributed by atoms with Crippen LogP contribution in [0.5, 0.6) is 0 Å². The zero-order chi connectivity index (χ0) is 26.9. The van der Waals surface area contributed by atoms with Gasteiger partial charge in [-0.15, -0.1) is 0 Å². The van der Waals surface area contributed by atoms with Crippen LogP contribution in [0.4, 0.5) is 0 Å². The SMILES string of the molecule is CC(=O)C(C=N[C@H]1c2c(C)cc(C)cc2-c2cc(C)cc(C)c2[C@@H]1N=CC(C(C)=O)C(C)=O)C(C)=O. The van der Waals surface area contributed by atoms with E-state index in [0.29, 0.717) is 0 Å². The van der Waals surface area contributed by atoms with E-state index in [0.717, 1.165) is 44.5 Å². The van der Waals surface area contributed by atoms with E-state index in [9.17, 15) is 19.2 Å². The van der Waals surface area contributed by atoms with Crippen LogP contribution in [0.15, 0.2) is 34.3 Å². The van der Waals surface area contributed by atoms with Crippen LogP contribution in [0, 0.1) is 39.5 Å². The smallest absolute Gasteiger partial charge is 0.145 e. The highest BCUT2D eigenvalue weighted by molar-refractivity contribution is 6.13. The monoisotopic (exact) mass is 486 g/mol. The van der Waals surface area contributed by atoms with Gasteiger partial charge >= 0.3 is 0 Å². The average Bonchev–Trinajstić information content (AvgIpc) is 2.73. The quantitative estimate of drug-likeness (QED) is 0.368. The number of hydrogen-bond donors (Lipinski definition) is 0. The summed E-state index contributed by atoms with van der Waals surface area (Å²) in [5, 5.41) is 0. The van der Waals surface area contributed by atoms with Crippen molar-refractivity contribution in [1.29, 1.82) is 0 Å². The number of aryl methyl sites for hydroxylation is 4. The summed E-state index contributed by atoms with van der Waals surface area (Å²) in [6.07, 6.45) is 2.87. The zero-order valence-electron chi connectivity index (χ0n) is 22.3. The van der Waals surface area contributed by atoms with E-state index in [1.54, 1.807) is 0 Å². The second kappa shape index (κ2) is 10.6. The first-order chi connectivity index (χ1) is 16.8. The molecule has 1 aliphatic carbocycles. The molecule has 0 fully saturated rings. The lowest BCUT2D eigenvalue weighted by atomic mass is 9.75. The van der Waals surface area contributed by atoms with Crippen molar-refractivity contribution in [3.63, 3.8) is 0 Å². The standard InChI is InChI=1S/C30H34N2O4/c1-15-9-17(3)27-23(11-15)24-12-16(2)10-18(4)28(24)30(32-14-26(21(7)35)22(8)36)29(27)31-13-25(19(5)33)20(6)34/h9-14,25-26,29-30H,1-8H3/t29-,30-/m0/s1. The number of ketones is 4. The van der Waals surface area contributed by atoms with Gasteiger partial charge in [-0.2, -0.15) is 0 Å². The van der Waals surface area contributed by atoms with Gasteiger partial charge in [-0.25, -0.2) is 0 Å². The van der Waals surface area contributed by atoms with Gasteiger partial charge in [0.25, 0.3) is 0 Å². The normalized spacial score (nSPS) is 17.1. The fourth-order valence-corrected chi connectivity index (χ4v) is 5.17. The molecule has 0 bridgehead atoms. The number of nitrogens with zero attached hydrogens (tertiary/aromatic N) is 2. The molecule has 0 radical (unpaired) electrons. The molecule has 6 nitrogen and oxygen atoms in total. The minimum Gasteiger partial charge on any atom is -0.299 e. The van der Waals surface area contributed by atoms with Gasteiger partial charge in [0.05, 0.1) is 0 Å². The molecule has 0 aliphatic heterocycles. The third-order valence-electron chi connectivity index (χ3n) is 6.79. The number of Topliss-reactive ketones (excluding diaryl/α,β-unsaturated/α-hetero) is 4. The van der Waals surface area contributed by atoms with E-state index in [1.165, 1.54) is 40.1 Å². The first-order valence-electron chi connectivity index (χ1n) is 12.1. The van der Waals surface area contributed by atoms with E-state index in [1.807, 2.05) is 27.7 Å². The summed E-state index contributed by atoms with van der Waals surface area (Å²) in [5.41, 5.74) is 8.27. The minimum absolute atomic E-state index is 0.275. The van der Waals surface area contributed by atoms with Crippen molar-refractivity contribution in [1.82, 2.24) is 0 Å². The molecule has 0 aromatic heterocycles. The van der Waals surface area contributed by atoms with Crippen LogP contribution in [0.3, 0.4) is 0 Å². The van der Waals surface area contributed by atoms with Gasteiger partial charge in [0, 0.05) is 12.4 Å². The number of carbonyl (C=O) groups excluding carboxylic acids is 4. The molecule has 1 aliphatic rings. The lowest BCUT2D eigenvalue weighted by molar-refractivity contribution is -0.129. The summed E-state index contributed by atoms with van der Waals surface area (Å²) < 4.78 is 0. The number of rotatable bonds is 8. The number of fused-ring (bicyclic) bond motifs is 3. The Balaban J connectivity index is 2.34. The summed E-state index contributed by atoms with van der Waals surface area (Å²) in [4.78, 5) is 58.2. The van der Waals surface area contributed by atoms with Gasteiger partial charge < -0.3 is 0 Å². The van der Waals surface area contributed by atoms with E-state index in [2.05, 4.69) is 24.3 Å². The van der Waals surface area contributed by atoms with Crippen LogP contribution in [-0.4, -0.2) is 35.6 Å². The van der Waals surface area contributed by atoms with Gasteiger partial charge in [0.1, 0.15) is 47.1 Å². The number of aliphatic imine (C=N–C) groups is 2. The van der Waals surface area contributed by atoms with E-state index in [-0.39, 0.29) is 23.1 Å². The van der Waals surface area contributed by atoms with Crippen LogP contribution < -0.4 is 0 Å². The minimum atomic E-state index is -0.938. The van der Waals surface area contributed by atoms with Crippen LogP contribution >= 0.6 is 0 Å². The first kappa shape index (κ1) is 27.1. The molecule has 0 saturated carbocycles. The highest BCUT2D eigenvalue weighted by Crippen LogP contribution is 2.51. The Morgan fingerprint density at radius 3 is 1.19 bits per heavy atom. The second-order valence-electron chi connectivity index (χ2n) is 9.97. The lowest BCUT2D eigenvalue weighted by Gasteiger charge is -2.34. The Labute approximate surface area is 212 Å². The van der Waals surface area contributed by atoms with Gasteiger partial charge in [0.2, 0.25) is 0 Å². The molecule has 0 unspecified atom stereocenters. The number of carbonyl (C=O) groups is 4. The number of hydrogen-bond acceptors (Lipinski definition) is 6. The highest BCUT2D eigenvalue weighted by Gasteiger charge is 2.36. The molecule has 0 spiro atoms. The van der Waals surface area contributed by atoms with Crippen LogP contribution in [0.1, 0.15) is 73.2 Å². The molecule has 2 aromatic carbocycles. The van der Waals surface area contributed by atoms with E-state index < -0.39 is 23.9 Å². The number of benzene rings is 2. The summed E-state index contributed by atoms with van der Waals surface area (Å²) >= 11 is 0. The molecule has 36 heavy (non-hydrogen) atoms. The molecular formula is C30H34N2O4. The molecule has 188 valence electrons. The van der Waals surface area contributed by atoms with E-state index >= 15 is 0 Å². The first-order valence-corrected chi connectivity index (χ1v) is 12.1. The molecule has 3 rings (SSSR count). The fraction of sp³-hybridized carbons (Fsp3) is 0.400. The van der Waals surface area contributed by atoms with Crippen LogP contribution in [0.25, 0.3) is 11.1 Å². The molecule has 0 heterocycles. The Hall–Kier alpha value is -3.54. The maximum absolute atomic E-state index is 12.1. The third kappa shape index (κ3) is 5.32. The maximum atomic E-state index is 12.1. The maximum Gasteiger partial charge on any atom is 0.145 e. The van der Waals surface area contributed by atoms with Gasteiger partial charge in [-0.1, -0.05) is 35.4 Å². The molecule has 2 aromatic rings. The Bertz CT molecular complexity index is 1190. The molecule has 2 atom stereocenters. The van der Waals surface area contributed by atoms with Crippen molar-refractivity contribution in [2.75, 3.05) is 0 Å². The Morgan fingerprint density at radius 1 is 0.611 bits per heavy atom. The molecule has 0 amide bonds. The molecular weight excluding hydrogens is 452 g/mol. The highest BCUT2D eigenvalue weighted by atomic mass is 16.2. The van der Waals surface area contributed by atoms with Crippen molar-refractivity contribution in [3.05, 3.63) is 57.6 Å². The summed E-state index contributed by atoms with van der Waals surface area (Å²) in [7, 11) is 0. The molecule has 0 saturated heterocycles. The zero-order valence-corrected chi connectivity index (χ0v) is 22.3. The van der Waals surface area contributed by atoms with E-state index in [4.69, 9.17) is 9.98 Å². The third-order valence-corrected chi connectivity index (χ3v) is 6.79. The largest absolute Gasteiger partial charge is 0.299 e. The van der Waals surface area contributed by atoms with Crippen LogP contribution in [0.2, 0.25) is 0 Å². The summed E-state index contributed by atoms with van der Waals surface area (Å²) in [6.45, 7) is 13.6. The molecule has 0 N–H and O–H groups in total. The predicted molar refractivity (Wildman–Crippen MR) is 143 cm³/mol. The Kier molecular flexibility index (Phi) is 7.97. The Morgan fingerprint density at radius 2 is 0.917 bits per heavy atom. The summed E-state index contributed by atoms with van der Waals surface area (Å²) in [6, 6.07) is 7.35. The van der Waals surface area contributed by atoms with Crippen molar-refractivity contribution in [3.8, 4) is 11.1 Å². The van der Waals surface area contributed by atoms with Crippen molar-refractivity contribution < 1.29 is 19.2 Å².